The van der Waals surface area contributed by atoms with Gasteiger partial charge in [0.25, 0.3) is 0 Å². The minimum atomic E-state index is -1.19. The number of aliphatic imine (C=N–C) groups is 1. The Morgan fingerprint density at radius 1 is 1.24 bits per heavy atom. The fourth-order valence-electron chi connectivity index (χ4n) is 3.54. The molecule has 0 aromatic rings. The molecule has 0 spiro atoms. The predicted octanol–water partition coefficient (Wildman–Crippen LogP) is -1.61. The van der Waals surface area contributed by atoms with Crippen LogP contribution in [0.2, 0.25) is 0 Å². The van der Waals surface area contributed by atoms with Crippen LogP contribution in [0.15, 0.2) is 4.99 Å². The van der Waals surface area contributed by atoms with Crippen molar-refractivity contribution in [3.63, 3.8) is 0 Å². The fourth-order valence-corrected chi connectivity index (χ4v) is 3.70. The molecule has 13 heteroatoms. The summed E-state index contributed by atoms with van der Waals surface area (Å²) >= 11 is 4.02. The van der Waals surface area contributed by atoms with E-state index >= 15 is 0 Å². The third kappa shape index (κ3) is 8.72. The van der Waals surface area contributed by atoms with E-state index in [0.717, 1.165) is 0 Å². The molecule has 1 aliphatic heterocycles. The number of nitrogens with zero attached hydrogens (tertiary/aromatic N) is 2. The lowest BCUT2D eigenvalue weighted by molar-refractivity contribution is -0.145. The SMILES string of the molecule is CCC(C)C(NC(=O)C(N)CS)C(=O)N1CCCC1C(=O)NC(CCCN=C(N)N)C(=O)O. The molecule has 33 heavy (non-hydrogen) atoms. The van der Waals surface area contributed by atoms with E-state index in [9.17, 15) is 24.3 Å². The van der Waals surface area contributed by atoms with E-state index in [1.165, 1.54) is 4.90 Å². The zero-order valence-electron chi connectivity index (χ0n) is 19.2. The fraction of sp³-hybridized carbons (Fsp3) is 0.750. The smallest absolute Gasteiger partial charge is 0.326 e. The number of likely N-dealkylation sites (tertiary alicyclic amines) is 1. The number of nitrogens with one attached hydrogen (secondary N) is 2. The topological polar surface area (TPSA) is 206 Å². The van der Waals surface area contributed by atoms with E-state index in [0.29, 0.717) is 32.2 Å². The molecule has 1 fully saturated rings. The minimum Gasteiger partial charge on any atom is -0.480 e. The summed E-state index contributed by atoms with van der Waals surface area (Å²) in [7, 11) is 0. The van der Waals surface area contributed by atoms with Gasteiger partial charge in [-0.05, 0) is 31.6 Å². The second-order valence-corrected chi connectivity index (χ2v) is 8.56. The van der Waals surface area contributed by atoms with Crippen LogP contribution < -0.4 is 27.8 Å². The van der Waals surface area contributed by atoms with Gasteiger partial charge in [0.1, 0.15) is 18.1 Å². The average Bonchev–Trinajstić information content (AvgIpc) is 3.27. The van der Waals surface area contributed by atoms with Gasteiger partial charge in [0.05, 0.1) is 6.04 Å². The molecule has 0 aromatic carbocycles. The van der Waals surface area contributed by atoms with Crippen LogP contribution >= 0.6 is 12.6 Å². The van der Waals surface area contributed by atoms with E-state index in [2.05, 4.69) is 28.3 Å². The molecular formula is C20H37N7O5S. The monoisotopic (exact) mass is 487 g/mol. The Kier molecular flexibility index (Phi) is 12.0. The highest BCUT2D eigenvalue weighted by Crippen LogP contribution is 2.22. The third-order valence-corrected chi connectivity index (χ3v) is 6.10. The van der Waals surface area contributed by atoms with Crippen LogP contribution in [0.3, 0.4) is 0 Å². The quantitative estimate of drug-likeness (QED) is 0.0694. The van der Waals surface area contributed by atoms with Crippen LogP contribution in [-0.2, 0) is 19.2 Å². The molecule has 3 amide bonds. The first kappa shape index (κ1) is 28.5. The van der Waals surface area contributed by atoms with E-state index in [1.54, 1.807) is 0 Å². The molecule has 1 heterocycles. The van der Waals surface area contributed by atoms with Crippen molar-refractivity contribution in [3.8, 4) is 0 Å². The van der Waals surface area contributed by atoms with Crippen molar-refractivity contribution in [1.29, 1.82) is 0 Å². The highest BCUT2D eigenvalue weighted by Gasteiger charge is 2.40. The summed E-state index contributed by atoms with van der Waals surface area (Å²) in [6, 6.07) is -3.67. The van der Waals surface area contributed by atoms with Crippen molar-refractivity contribution in [2.75, 3.05) is 18.8 Å². The zero-order valence-corrected chi connectivity index (χ0v) is 20.1. The molecule has 9 N–H and O–H groups in total. The largest absolute Gasteiger partial charge is 0.480 e. The number of carboxylic acids is 1. The van der Waals surface area contributed by atoms with Crippen molar-refractivity contribution in [3.05, 3.63) is 0 Å². The average molecular weight is 488 g/mol. The molecule has 1 rings (SSSR count). The number of hydrogen-bond acceptors (Lipinski definition) is 7. The van der Waals surface area contributed by atoms with Crippen molar-refractivity contribution < 1.29 is 24.3 Å². The van der Waals surface area contributed by atoms with E-state index in [-0.39, 0.29) is 36.5 Å². The molecule has 0 aliphatic carbocycles. The summed E-state index contributed by atoms with van der Waals surface area (Å²) in [5, 5.41) is 14.7. The van der Waals surface area contributed by atoms with E-state index in [1.807, 2.05) is 13.8 Å². The van der Waals surface area contributed by atoms with Gasteiger partial charge in [0.15, 0.2) is 5.96 Å². The first-order valence-electron chi connectivity index (χ1n) is 11.1. The Bertz CT molecular complexity index is 732. The lowest BCUT2D eigenvalue weighted by Crippen LogP contribution is -2.58. The highest BCUT2D eigenvalue weighted by atomic mass is 32.1. The van der Waals surface area contributed by atoms with Gasteiger partial charge in [-0.3, -0.25) is 19.4 Å². The van der Waals surface area contributed by atoms with E-state index < -0.39 is 42.0 Å². The first-order valence-corrected chi connectivity index (χ1v) is 11.7. The Hall–Kier alpha value is -2.54. The third-order valence-electron chi connectivity index (χ3n) is 5.71. The van der Waals surface area contributed by atoms with Gasteiger partial charge < -0.3 is 37.8 Å². The van der Waals surface area contributed by atoms with Crippen LogP contribution in [0.4, 0.5) is 0 Å². The number of nitrogens with two attached hydrogens (primary N) is 3. The van der Waals surface area contributed by atoms with Gasteiger partial charge in [-0.2, -0.15) is 12.6 Å². The number of thiol groups is 1. The molecule has 0 saturated carbocycles. The predicted molar refractivity (Wildman–Crippen MR) is 127 cm³/mol. The number of carbonyl (C=O) groups is 4. The molecule has 0 aromatic heterocycles. The molecule has 12 nitrogen and oxygen atoms in total. The van der Waals surface area contributed by atoms with Crippen LogP contribution in [0, 0.1) is 5.92 Å². The van der Waals surface area contributed by atoms with Crippen LogP contribution in [0.5, 0.6) is 0 Å². The maximum Gasteiger partial charge on any atom is 0.326 e. The maximum absolute atomic E-state index is 13.3. The summed E-state index contributed by atoms with van der Waals surface area (Å²) in [6.45, 7) is 4.29. The van der Waals surface area contributed by atoms with Gasteiger partial charge >= 0.3 is 5.97 Å². The summed E-state index contributed by atoms with van der Waals surface area (Å²) < 4.78 is 0. The second-order valence-electron chi connectivity index (χ2n) is 8.20. The minimum absolute atomic E-state index is 0.0932. The van der Waals surface area contributed by atoms with Crippen molar-refractivity contribution in [2.45, 2.75) is 70.1 Å². The Balaban J connectivity index is 2.90. The van der Waals surface area contributed by atoms with Gasteiger partial charge in [-0.15, -0.1) is 0 Å². The molecule has 0 radical (unpaired) electrons. The molecule has 188 valence electrons. The number of hydrogen-bond donors (Lipinski definition) is 7. The van der Waals surface area contributed by atoms with Gasteiger partial charge in [-0.25, -0.2) is 4.79 Å². The number of guanidine groups is 1. The van der Waals surface area contributed by atoms with Crippen LogP contribution in [0.1, 0.15) is 46.0 Å². The van der Waals surface area contributed by atoms with Gasteiger partial charge in [-0.1, -0.05) is 20.3 Å². The van der Waals surface area contributed by atoms with Crippen LogP contribution in [-0.4, -0.2) is 82.7 Å². The summed E-state index contributed by atoms with van der Waals surface area (Å²) in [5.74, 6) is -2.77. The molecular weight excluding hydrogens is 450 g/mol. The van der Waals surface area contributed by atoms with Crippen molar-refractivity contribution in [1.82, 2.24) is 15.5 Å². The number of rotatable bonds is 13. The normalized spacial score (nSPS) is 19.2. The molecule has 0 bridgehead atoms. The highest BCUT2D eigenvalue weighted by molar-refractivity contribution is 7.80. The maximum atomic E-state index is 13.3. The molecule has 1 saturated heterocycles. The van der Waals surface area contributed by atoms with Gasteiger partial charge in [0, 0.05) is 18.8 Å². The molecule has 1 aliphatic rings. The van der Waals surface area contributed by atoms with Crippen molar-refractivity contribution in [2.24, 2.45) is 28.1 Å². The summed E-state index contributed by atoms with van der Waals surface area (Å²) in [5.41, 5.74) is 16.2. The lowest BCUT2D eigenvalue weighted by atomic mass is 9.97. The Morgan fingerprint density at radius 3 is 2.45 bits per heavy atom. The standard InChI is InChI=1S/C20H37N7O5S/c1-3-11(2)15(26-16(28)12(21)10-33)18(30)27-9-5-7-14(27)17(29)25-13(19(31)32)6-4-8-24-20(22)23/h11-15,33H,3-10,21H2,1-2H3,(H,25,29)(H,26,28)(H,31,32)(H4,22,23,24). The van der Waals surface area contributed by atoms with Crippen LogP contribution in [0.25, 0.3) is 0 Å². The molecule has 5 unspecified atom stereocenters. The molecule has 5 atom stereocenters. The number of aliphatic carboxylic acids is 1. The van der Waals surface area contributed by atoms with Gasteiger partial charge in [0.2, 0.25) is 17.7 Å². The lowest BCUT2D eigenvalue weighted by Gasteiger charge is -2.32. The van der Waals surface area contributed by atoms with Crippen molar-refractivity contribution >= 4 is 42.3 Å². The first-order chi connectivity index (χ1) is 15.5. The van der Waals surface area contributed by atoms with E-state index in [4.69, 9.17) is 17.2 Å². The summed E-state index contributed by atoms with van der Waals surface area (Å²) in [4.78, 5) is 55.3. The zero-order chi connectivity index (χ0) is 25.1. The Morgan fingerprint density at radius 2 is 1.91 bits per heavy atom. The Labute approximate surface area is 199 Å². The number of carboxylic acid groups (broad SMARTS) is 1. The number of amides is 3. The second kappa shape index (κ2) is 13.9. The summed E-state index contributed by atoms with van der Waals surface area (Å²) in [6.07, 6.45) is 2.09. The number of carbonyl (C=O) groups excluding carboxylic acids is 3.